The molecule has 0 saturated carbocycles. The van der Waals surface area contributed by atoms with Crippen LogP contribution in [0.25, 0.3) is 10.9 Å². The van der Waals surface area contributed by atoms with Crippen molar-refractivity contribution in [2.45, 2.75) is 43.7 Å². The zero-order valence-corrected chi connectivity index (χ0v) is 17.6. The van der Waals surface area contributed by atoms with Crippen LogP contribution in [0.5, 0.6) is 5.75 Å². The van der Waals surface area contributed by atoms with Crippen LogP contribution in [-0.2, 0) is 21.2 Å². The van der Waals surface area contributed by atoms with Crippen LogP contribution in [0.2, 0.25) is 0 Å². The van der Waals surface area contributed by atoms with Gasteiger partial charge in [-0.15, -0.1) is 0 Å². The molecule has 0 bridgehead atoms. The Balaban J connectivity index is 1.48. The van der Waals surface area contributed by atoms with Gasteiger partial charge >= 0.3 is 0 Å². The van der Waals surface area contributed by atoms with Gasteiger partial charge in [0.05, 0.1) is 16.5 Å². The predicted octanol–water partition coefficient (Wildman–Crippen LogP) is 3.56. The van der Waals surface area contributed by atoms with Crippen molar-refractivity contribution in [2.24, 2.45) is 0 Å². The van der Waals surface area contributed by atoms with Gasteiger partial charge < -0.3 is 10.1 Å². The molecule has 1 aliphatic heterocycles. The Morgan fingerprint density at radius 1 is 1.13 bits per heavy atom. The number of hydrogen-bond acceptors (Lipinski definition) is 6. The number of hydrogen-bond donors (Lipinski definition) is 1. The van der Waals surface area contributed by atoms with E-state index in [2.05, 4.69) is 10.3 Å². The summed E-state index contributed by atoms with van der Waals surface area (Å²) in [6, 6.07) is 15.3. The summed E-state index contributed by atoms with van der Waals surface area (Å²) < 4.78 is 31.2. The quantitative estimate of drug-likeness (QED) is 0.674. The molecule has 0 amide bonds. The Morgan fingerprint density at radius 2 is 1.90 bits per heavy atom. The summed E-state index contributed by atoms with van der Waals surface area (Å²) in [5, 5.41) is 3.27. The van der Waals surface area contributed by atoms with E-state index in [-0.39, 0.29) is 4.90 Å². The molecule has 2 aromatic carbocycles. The Bertz CT molecular complexity index is 1170. The van der Waals surface area contributed by atoms with E-state index < -0.39 is 21.0 Å². The van der Waals surface area contributed by atoms with Crippen molar-refractivity contribution in [3.05, 3.63) is 65.9 Å². The van der Waals surface area contributed by atoms with Gasteiger partial charge in [-0.1, -0.05) is 24.6 Å². The van der Waals surface area contributed by atoms with E-state index in [1.165, 1.54) is 12.1 Å². The number of piperidine rings is 1. The highest BCUT2D eigenvalue weighted by Crippen LogP contribution is 2.23. The summed E-state index contributed by atoms with van der Waals surface area (Å²) in [5.74, 6) is 0.538. The second kappa shape index (κ2) is 8.53. The number of aryl methyl sites for hydroxylation is 1. The summed E-state index contributed by atoms with van der Waals surface area (Å²) in [7, 11) is -4.02. The molecular formula is C23H24N2O4S. The second-order valence-corrected chi connectivity index (χ2v) is 9.41. The molecule has 1 N–H and O–H groups in total. The molecule has 30 heavy (non-hydrogen) atoms. The maximum atomic E-state index is 12.7. The molecule has 2 heterocycles. The van der Waals surface area contributed by atoms with Gasteiger partial charge in [0.1, 0.15) is 12.4 Å². The molecule has 0 radical (unpaired) electrons. The van der Waals surface area contributed by atoms with E-state index in [0.717, 1.165) is 35.0 Å². The van der Waals surface area contributed by atoms with Crippen LogP contribution in [-0.4, -0.2) is 31.1 Å². The highest BCUT2D eigenvalue weighted by molar-refractivity contribution is 8.06. The predicted molar refractivity (Wildman–Crippen MR) is 115 cm³/mol. The topological polar surface area (TPSA) is 85.4 Å². The number of sulfone groups is 1. The van der Waals surface area contributed by atoms with Crippen LogP contribution >= 0.6 is 0 Å². The molecule has 3 aromatic rings. The normalized spacial score (nSPS) is 17.0. The molecule has 4 rings (SSSR count). The molecule has 1 aliphatic rings. The van der Waals surface area contributed by atoms with Gasteiger partial charge in [0, 0.05) is 16.6 Å². The first kappa shape index (κ1) is 20.5. The van der Waals surface area contributed by atoms with Gasteiger partial charge in [-0.05, 0) is 62.7 Å². The Kier molecular flexibility index (Phi) is 5.83. The maximum Gasteiger partial charge on any atom is 0.267 e. The van der Waals surface area contributed by atoms with Crippen molar-refractivity contribution >= 4 is 25.9 Å². The first-order valence-corrected chi connectivity index (χ1v) is 11.5. The lowest BCUT2D eigenvalue weighted by Crippen LogP contribution is -2.43. The first-order chi connectivity index (χ1) is 14.4. The second-order valence-electron chi connectivity index (χ2n) is 7.52. The molecule has 1 atom stereocenters. The molecule has 1 fully saturated rings. The number of carbonyl (C=O) groups is 1. The van der Waals surface area contributed by atoms with E-state index in [9.17, 15) is 13.2 Å². The smallest absolute Gasteiger partial charge is 0.267 e. The van der Waals surface area contributed by atoms with E-state index in [4.69, 9.17) is 4.74 Å². The highest BCUT2D eigenvalue weighted by Gasteiger charge is 2.33. The zero-order chi connectivity index (χ0) is 21.1. The third-order valence-electron chi connectivity index (χ3n) is 5.32. The summed E-state index contributed by atoms with van der Waals surface area (Å²) in [6.07, 6.45) is 2.37. The van der Waals surface area contributed by atoms with Crippen molar-refractivity contribution < 1.29 is 17.9 Å². The van der Waals surface area contributed by atoms with Crippen LogP contribution in [0, 0.1) is 6.92 Å². The van der Waals surface area contributed by atoms with Crippen LogP contribution in [0.1, 0.15) is 30.5 Å². The third kappa shape index (κ3) is 4.22. The molecule has 7 heteroatoms. The summed E-state index contributed by atoms with van der Waals surface area (Å²) in [4.78, 5) is 17.0. The van der Waals surface area contributed by atoms with Crippen molar-refractivity contribution in [2.75, 3.05) is 6.54 Å². The lowest BCUT2D eigenvalue weighted by atomic mass is 10.1. The number of nitrogens with zero attached hydrogens (tertiary/aromatic N) is 1. The van der Waals surface area contributed by atoms with Crippen molar-refractivity contribution in [1.29, 1.82) is 0 Å². The molecule has 0 spiro atoms. The van der Waals surface area contributed by atoms with Crippen molar-refractivity contribution in [3.8, 4) is 5.75 Å². The number of rotatable bonds is 5. The Morgan fingerprint density at radius 3 is 2.63 bits per heavy atom. The number of carbonyl (C=O) groups excluding carboxylic acids is 1. The Labute approximate surface area is 176 Å². The van der Waals surface area contributed by atoms with Crippen LogP contribution in [0.15, 0.2) is 59.5 Å². The number of aromatic nitrogens is 1. The standard InChI is InChI=1S/C23H24N2O4S/c1-16-14-17(20-6-2-3-7-21(20)25-16)15-29-18-9-11-19(12-10-18)30(27,28)23(26)22-8-4-5-13-24-22/h2-3,6-7,9-12,14,22,24H,4-5,8,13,15H2,1H3. The number of pyridine rings is 1. The molecule has 1 saturated heterocycles. The van der Waals surface area contributed by atoms with Gasteiger partial charge in [-0.2, -0.15) is 0 Å². The van der Waals surface area contributed by atoms with Gasteiger partial charge in [0.2, 0.25) is 9.84 Å². The van der Waals surface area contributed by atoms with E-state index in [1.807, 2.05) is 37.3 Å². The number of benzene rings is 2. The molecule has 156 valence electrons. The lowest BCUT2D eigenvalue weighted by Gasteiger charge is -2.21. The summed E-state index contributed by atoms with van der Waals surface area (Å²) in [5.41, 5.74) is 2.82. The minimum absolute atomic E-state index is 0.00238. The SMILES string of the molecule is Cc1cc(COc2ccc(S(=O)(=O)C(=O)C3CCCCN3)cc2)c2ccccc2n1. The molecule has 1 unspecified atom stereocenters. The fraction of sp³-hybridized carbons (Fsp3) is 0.304. The number of nitrogens with one attached hydrogen (secondary N) is 1. The maximum absolute atomic E-state index is 12.7. The average Bonchev–Trinajstić information content (AvgIpc) is 2.77. The van der Waals surface area contributed by atoms with E-state index in [1.54, 1.807) is 12.1 Å². The van der Waals surface area contributed by atoms with Gasteiger partial charge in [0.15, 0.2) is 0 Å². The minimum atomic E-state index is -4.02. The number of fused-ring (bicyclic) bond motifs is 1. The molecule has 6 nitrogen and oxygen atoms in total. The third-order valence-corrected chi connectivity index (χ3v) is 7.02. The van der Waals surface area contributed by atoms with Gasteiger partial charge in [-0.3, -0.25) is 9.78 Å². The lowest BCUT2D eigenvalue weighted by molar-refractivity contribution is -0.114. The minimum Gasteiger partial charge on any atom is -0.489 e. The first-order valence-electron chi connectivity index (χ1n) is 10.1. The summed E-state index contributed by atoms with van der Waals surface area (Å²) in [6.45, 7) is 2.94. The zero-order valence-electron chi connectivity index (χ0n) is 16.8. The molecule has 1 aromatic heterocycles. The van der Waals surface area contributed by atoms with Crippen LogP contribution < -0.4 is 10.1 Å². The van der Waals surface area contributed by atoms with Gasteiger partial charge in [0.25, 0.3) is 5.12 Å². The van der Waals surface area contributed by atoms with Crippen LogP contribution in [0.3, 0.4) is 0 Å². The number of ether oxygens (including phenoxy) is 1. The molecule has 0 aliphatic carbocycles. The fourth-order valence-corrected chi connectivity index (χ4v) is 5.05. The monoisotopic (exact) mass is 424 g/mol. The van der Waals surface area contributed by atoms with Crippen LogP contribution in [0.4, 0.5) is 0 Å². The van der Waals surface area contributed by atoms with E-state index >= 15 is 0 Å². The van der Waals surface area contributed by atoms with Crippen molar-refractivity contribution in [1.82, 2.24) is 10.3 Å². The average molecular weight is 425 g/mol. The number of para-hydroxylation sites is 1. The highest BCUT2D eigenvalue weighted by atomic mass is 32.2. The van der Waals surface area contributed by atoms with E-state index in [0.29, 0.717) is 25.3 Å². The Hall–Kier alpha value is -2.77. The fourth-order valence-electron chi connectivity index (χ4n) is 3.75. The van der Waals surface area contributed by atoms with Crippen molar-refractivity contribution in [3.63, 3.8) is 0 Å². The largest absolute Gasteiger partial charge is 0.489 e. The summed E-state index contributed by atoms with van der Waals surface area (Å²) >= 11 is 0. The van der Waals surface area contributed by atoms with Gasteiger partial charge in [-0.25, -0.2) is 8.42 Å². The molecular weight excluding hydrogens is 400 g/mol.